The predicted octanol–water partition coefficient (Wildman–Crippen LogP) is 3.44. The van der Waals surface area contributed by atoms with Crippen LogP contribution in [0.15, 0.2) is 6.07 Å². The third kappa shape index (κ3) is 2.37. The number of rotatable bonds is 2. The van der Waals surface area contributed by atoms with Gasteiger partial charge in [-0.05, 0) is 37.7 Å². The molecule has 1 aromatic rings. The molecule has 1 aliphatic carbocycles. The van der Waals surface area contributed by atoms with Gasteiger partial charge in [0.05, 0.1) is 10.0 Å². The quantitative estimate of drug-likeness (QED) is 0.649. The van der Waals surface area contributed by atoms with Crippen molar-refractivity contribution >= 4 is 34.8 Å². The van der Waals surface area contributed by atoms with Crippen molar-refractivity contribution in [3.63, 3.8) is 0 Å². The second-order valence-corrected chi connectivity index (χ2v) is 6.18. The Labute approximate surface area is 123 Å². The van der Waals surface area contributed by atoms with Crippen LogP contribution < -0.4 is 16.2 Å². The maximum absolute atomic E-state index is 6.33. The lowest BCUT2D eigenvalue weighted by molar-refractivity contribution is 0.360. The molecular formula is C13H18Cl2N4. The van der Waals surface area contributed by atoms with E-state index < -0.39 is 0 Å². The predicted molar refractivity (Wildman–Crippen MR) is 79.8 cm³/mol. The van der Waals surface area contributed by atoms with Gasteiger partial charge in [-0.25, -0.2) is 10.8 Å². The molecule has 1 aliphatic heterocycles. The molecule has 0 aromatic carbocycles. The molecule has 1 aromatic heterocycles. The molecule has 2 atom stereocenters. The molecule has 0 radical (unpaired) electrons. The highest BCUT2D eigenvalue weighted by atomic mass is 35.5. The van der Waals surface area contributed by atoms with Gasteiger partial charge >= 0.3 is 0 Å². The van der Waals surface area contributed by atoms with E-state index in [2.05, 4.69) is 15.3 Å². The fourth-order valence-corrected chi connectivity index (χ4v) is 4.00. The van der Waals surface area contributed by atoms with Gasteiger partial charge in [0.25, 0.3) is 0 Å². The molecule has 2 heterocycles. The van der Waals surface area contributed by atoms with Crippen molar-refractivity contribution in [2.75, 3.05) is 16.9 Å². The highest BCUT2D eigenvalue weighted by Crippen LogP contribution is 2.41. The zero-order valence-corrected chi connectivity index (χ0v) is 12.2. The summed E-state index contributed by atoms with van der Waals surface area (Å²) < 4.78 is 0. The molecule has 0 amide bonds. The molecule has 19 heavy (non-hydrogen) atoms. The normalized spacial score (nSPS) is 26.4. The van der Waals surface area contributed by atoms with Gasteiger partial charge in [-0.3, -0.25) is 0 Å². The number of anilines is 2. The molecule has 0 bridgehead atoms. The van der Waals surface area contributed by atoms with Crippen molar-refractivity contribution in [3.8, 4) is 0 Å². The number of hydrogen-bond acceptors (Lipinski definition) is 4. The van der Waals surface area contributed by atoms with Crippen LogP contribution in [-0.2, 0) is 0 Å². The molecule has 3 N–H and O–H groups in total. The van der Waals surface area contributed by atoms with E-state index in [1.165, 1.54) is 32.1 Å². The molecule has 0 spiro atoms. The fourth-order valence-electron chi connectivity index (χ4n) is 3.48. The zero-order valence-electron chi connectivity index (χ0n) is 10.7. The van der Waals surface area contributed by atoms with E-state index in [0.29, 0.717) is 21.9 Å². The van der Waals surface area contributed by atoms with Crippen molar-refractivity contribution in [1.29, 1.82) is 0 Å². The Kier molecular flexibility index (Phi) is 3.74. The van der Waals surface area contributed by atoms with Crippen LogP contribution in [0.2, 0.25) is 10.0 Å². The fraction of sp³-hybridized carbons (Fsp3) is 0.615. The molecule has 6 heteroatoms. The number of nitrogens with one attached hydrogen (secondary N) is 1. The van der Waals surface area contributed by atoms with Crippen LogP contribution >= 0.6 is 23.2 Å². The highest BCUT2D eigenvalue weighted by molar-refractivity contribution is 6.37. The Morgan fingerprint density at radius 3 is 2.79 bits per heavy atom. The Balaban J connectivity index is 1.96. The van der Waals surface area contributed by atoms with Crippen molar-refractivity contribution < 1.29 is 0 Å². The van der Waals surface area contributed by atoms with Crippen LogP contribution in [0.4, 0.5) is 11.6 Å². The van der Waals surface area contributed by atoms with Gasteiger partial charge < -0.3 is 10.3 Å². The van der Waals surface area contributed by atoms with Gasteiger partial charge in [0.15, 0.2) is 5.82 Å². The van der Waals surface area contributed by atoms with Crippen LogP contribution in [0.5, 0.6) is 0 Å². The van der Waals surface area contributed by atoms with Crippen molar-refractivity contribution in [1.82, 2.24) is 4.98 Å². The number of hydrogen-bond donors (Lipinski definition) is 2. The smallest absolute Gasteiger partial charge is 0.161 e. The summed E-state index contributed by atoms with van der Waals surface area (Å²) in [6, 6.07) is 2.30. The monoisotopic (exact) mass is 300 g/mol. The average molecular weight is 301 g/mol. The Morgan fingerprint density at radius 1 is 1.21 bits per heavy atom. The van der Waals surface area contributed by atoms with Gasteiger partial charge in [-0.1, -0.05) is 29.6 Å². The number of nitrogens with two attached hydrogens (primary N) is 1. The number of piperidine rings is 1. The van der Waals surface area contributed by atoms with E-state index in [-0.39, 0.29) is 0 Å². The summed E-state index contributed by atoms with van der Waals surface area (Å²) in [6.45, 7) is 1.01. The summed E-state index contributed by atoms with van der Waals surface area (Å²) in [5.74, 6) is 7.54. The molecule has 1 saturated heterocycles. The lowest BCUT2D eigenvalue weighted by atomic mass is 9.92. The number of halogens is 2. The van der Waals surface area contributed by atoms with Crippen LogP contribution in [0.1, 0.15) is 32.1 Å². The first-order chi connectivity index (χ1) is 9.20. The molecule has 4 nitrogen and oxygen atoms in total. The second-order valence-electron chi connectivity index (χ2n) is 5.36. The van der Waals surface area contributed by atoms with Crippen molar-refractivity contribution in [2.24, 2.45) is 11.8 Å². The van der Waals surface area contributed by atoms with E-state index in [1.807, 2.05) is 0 Å². The number of fused-ring (bicyclic) bond motifs is 1. The molecule has 3 rings (SSSR count). The zero-order chi connectivity index (χ0) is 13.4. The molecule has 1 saturated carbocycles. The molecular weight excluding hydrogens is 283 g/mol. The van der Waals surface area contributed by atoms with E-state index in [0.717, 1.165) is 18.3 Å². The largest absolute Gasteiger partial charge is 0.352 e. The number of aromatic nitrogens is 1. The number of pyridine rings is 1. The van der Waals surface area contributed by atoms with E-state index in [4.69, 9.17) is 29.0 Å². The minimum absolute atomic E-state index is 0.455. The summed E-state index contributed by atoms with van der Waals surface area (Å²) >= 11 is 12.4. The Hall–Kier alpha value is -0.710. The summed E-state index contributed by atoms with van der Waals surface area (Å²) in [5, 5.41) is 1.06. The second kappa shape index (κ2) is 5.35. The summed E-state index contributed by atoms with van der Waals surface area (Å²) in [7, 11) is 0. The summed E-state index contributed by atoms with van der Waals surface area (Å²) in [5.41, 5.74) is 2.53. The third-order valence-corrected chi connectivity index (χ3v) is 4.88. The highest BCUT2D eigenvalue weighted by Gasteiger charge is 2.36. The standard InChI is InChI=1S/C13H18Cl2N4/c14-9-7-10(15)13(17-12(9)18-16)19-6-2-4-8-3-1-5-11(8)19/h7-8,11H,1-6,16H2,(H,17,18). The SMILES string of the molecule is NNc1nc(N2CCCC3CCCC32)c(Cl)cc1Cl. The Morgan fingerprint density at radius 2 is 2.00 bits per heavy atom. The average Bonchev–Trinajstić information content (AvgIpc) is 2.87. The maximum atomic E-state index is 6.33. The number of nitrogen functional groups attached to an aromatic ring is 1. The summed E-state index contributed by atoms with van der Waals surface area (Å²) in [6.07, 6.45) is 6.39. The molecule has 2 unspecified atom stereocenters. The molecule has 2 aliphatic rings. The first-order valence-electron chi connectivity index (χ1n) is 6.80. The Bertz CT molecular complexity index is 480. The maximum Gasteiger partial charge on any atom is 0.161 e. The van der Waals surface area contributed by atoms with Gasteiger partial charge in [0, 0.05) is 12.6 Å². The van der Waals surface area contributed by atoms with Crippen LogP contribution in [-0.4, -0.2) is 17.6 Å². The first-order valence-corrected chi connectivity index (χ1v) is 7.55. The van der Waals surface area contributed by atoms with Gasteiger partial charge in [-0.2, -0.15) is 0 Å². The lowest BCUT2D eigenvalue weighted by Crippen LogP contribution is -2.43. The topological polar surface area (TPSA) is 54.2 Å². The lowest BCUT2D eigenvalue weighted by Gasteiger charge is -2.39. The minimum Gasteiger partial charge on any atom is -0.352 e. The molecule has 104 valence electrons. The number of hydrazine groups is 1. The number of nitrogens with zero attached hydrogens (tertiary/aromatic N) is 2. The van der Waals surface area contributed by atoms with Crippen LogP contribution in [0, 0.1) is 5.92 Å². The van der Waals surface area contributed by atoms with E-state index in [1.54, 1.807) is 6.07 Å². The van der Waals surface area contributed by atoms with Gasteiger partial charge in [-0.15, -0.1) is 0 Å². The summed E-state index contributed by atoms with van der Waals surface area (Å²) in [4.78, 5) is 6.85. The van der Waals surface area contributed by atoms with Gasteiger partial charge in [0.2, 0.25) is 0 Å². The van der Waals surface area contributed by atoms with Crippen molar-refractivity contribution in [3.05, 3.63) is 16.1 Å². The molecule has 2 fully saturated rings. The van der Waals surface area contributed by atoms with E-state index in [9.17, 15) is 0 Å². The third-order valence-electron chi connectivity index (χ3n) is 4.31. The van der Waals surface area contributed by atoms with E-state index >= 15 is 0 Å². The van der Waals surface area contributed by atoms with Crippen LogP contribution in [0.25, 0.3) is 0 Å². The minimum atomic E-state index is 0.455. The van der Waals surface area contributed by atoms with Crippen LogP contribution in [0.3, 0.4) is 0 Å². The van der Waals surface area contributed by atoms with Crippen molar-refractivity contribution in [2.45, 2.75) is 38.1 Å². The van der Waals surface area contributed by atoms with Gasteiger partial charge in [0.1, 0.15) is 5.82 Å². The first kappa shape index (κ1) is 13.3.